The summed E-state index contributed by atoms with van der Waals surface area (Å²) in [7, 11) is 1.55. The van der Waals surface area contributed by atoms with Gasteiger partial charge >= 0.3 is 0 Å². The van der Waals surface area contributed by atoms with E-state index in [9.17, 15) is 9.59 Å². The van der Waals surface area contributed by atoms with E-state index < -0.39 is 5.91 Å². The van der Waals surface area contributed by atoms with E-state index in [2.05, 4.69) is 4.90 Å². The summed E-state index contributed by atoms with van der Waals surface area (Å²) in [5.41, 5.74) is 1.95. The number of rotatable bonds is 3. The average molecular weight is 427 g/mol. The molecule has 0 radical (unpaired) electrons. The molecular weight excluding hydrogens is 404 g/mol. The SMILES string of the molecule is COc1ccc2c(c1)C(=O)N(c1ccc(Cl)cc1)C(=O)/C2=C/N1CC(C)OC(C)C1. The summed E-state index contributed by atoms with van der Waals surface area (Å²) in [5, 5.41) is 0.532. The Morgan fingerprint density at radius 1 is 1.00 bits per heavy atom. The molecular formula is C23H23ClN2O4. The van der Waals surface area contributed by atoms with Crippen LogP contribution < -0.4 is 9.64 Å². The summed E-state index contributed by atoms with van der Waals surface area (Å²) < 4.78 is 11.1. The molecule has 0 aromatic heterocycles. The molecule has 7 heteroatoms. The normalized spacial score (nSPS) is 23.0. The predicted molar refractivity (Wildman–Crippen MR) is 116 cm³/mol. The number of carbonyl (C=O) groups excluding carboxylic acids is 2. The topological polar surface area (TPSA) is 59.1 Å². The van der Waals surface area contributed by atoms with Gasteiger partial charge in [-0.2, -0.15) is 0 Å². The predicted octanol–water partition coefficient (Wildman–Crippen LogP) is 3.99. The van der Waals surface area contributed by atoms with Gasteiger partial charge in [0.2, 0.25) is 0 Å². The lowest BCUT2D eigenvalue weighted by atomic mass is 9.93. The molecule has 2 atom stereocenters. The summed E-state index contributed by atoms with van der Waals surface area (Å²) in [6.45, 7) is 5.35. The number of benzene rings is 2. The number of nitrogens with zero attached hydrogens (tertiary/aromatic N) is 2. The van der Waals surface area contributed by atoms with E-state index in [0.717, 1.165) is 0 Å². The number of methoxy groups -OCH3 is 1. The molecule has 0 N–H and O–H groups in total. The van der Waals surface area contributed by atoms with Crippen molar-refractivity contribution in [3.8, 4) is 5.75 Å². The lowest BCUT2D eigenvalue weighted by molar-refractivity contribution is -0.113. The molecule has 2 aromatic rings. The van der Waals surface area contributed by atoms with Crippen molar-refractivity contribution in [2.75, 3.05) is 25.1 Å². The van der Waals surface area contributed by atoms with Crippen molar-refractivity contribution >= 4 is 34.7 Å². The van der Waals surface area contributed by atoms with Gasteiger partial charge in [0.05, 0.1) is 36.1 Å². The molecule has 2 amide bonds. The number of hydrogen-bond donors (Lipinski definition) is 0. The van der Waals surface area contributed by atoms with Crippen LogP contribution in [-0.4, -0.2) is 49.1 Å². The summed E-state index contributed by atoms with van der Waals surface area (Å²) in [5.74, 6) is -0.204. The minimum Gasteiger partial charge on any atom is -0.497 e. The van der Waals surface area contributed by atoms with Gasteiger partial charge in [0.25, 0.3) is 11.8 Å². The minimum absolute atomic E-state index is 0.0497. The maximum absolute atomic E-state index is 13.5. The van der Waals surface area contributed by atoms with Crippen molar-refractivity contribution in [1.29, 1.82) is 0 Å². The zero-order valence-corrected chi connectivity index (χ0v) is 17.8. The molecule has 2 aromatic carbocycles. The Bertz CT molecular complexity index is 1010. The lowest BCUT2D eigenvalue weighted by Crippen LogP contribution is -2.45. The number of amides is 2. The third-order valence-corrected chi connectivity index (χ3v) is 5.48. The molecule has 6 nitrogen and oxygen atoms in total. The largest absolute Gasteiger partial charge is 0.497 e. The van der Waals surface area contributed by atoms with Crippen LogP contribution in [0.2, 0.25) is 5.02 Å². The number of ether oxygens (including phenoxy) is 2. The van der Waals surface area contributed by atoms with E-state index in [1.54, 1.807) is 49.6 Å². The first kappa shape index (κ1) is 20.4. The second-order valence-electron chi connectivity index (χ2n) is 7.59. The molecule has 0 spiro atoms. The van der Waals surface area contributed by atoms with Gasteiger partial charge < -0.3 is 14.4 Å². The van der Waals surface area contributed by atoms with Gasteiger partial charge in [-0.25, -0.2) is 4.90 Å². The number of hydrogen-bond acceptors (Lipinski definition) is 5. The van der Waals surface area contributed by atoms with Gasteiger partial charge in [0, 0.05) is 29.9 Å². The number of morpholine rings is 1. The first-order chi connectivity index (χ1) is 14.4. The molecule has 2 heterocycles. The maximum Gasteiger partial charge on any atom is 0.267 e. The zero-order chi connectivity index (χ0) is 21.4. The van der Waals surface area contributed by atoms with Crippen LogP contribution >= 0.6 is 11.6 Å². The Balaban J connectivity index is 1.83. The van der Waals surface area contributed by atoms with Crippen molar-refractivity contribution in [3.05, 3.63) is 64.8 Å². The van der Waals surface area contributed by atoms with Crippen LogP contribution in [0.1, 0.15) is 29.8 Å². The van der Waals surface area contributed by atoms with Crippen LogP contribution in [0, 0.1) is 0 Å². The Hall–Kier alpha value is -2.83. The van der Waals surface area contributed by atoms with Crippen LogP contribution in [-0.2, 0) is 9.53 Å². The molecule has 4 rings (SSSR count). The van der Waals surface area contributed by atoms with E-state index >= 15 is 0 Å². The van der Waals surface area contributed by atoms with E-state index in [1.165, 1.54) is 4.90 Å². The van der Waals surface area contributed by atoms with Gasteiger partial charge in [-0.05, 0) is 56.3 Å². The molecule has 2 aliphatic rings. The Labute approximate surface area is 180 Å². The van der Waals surface area contributed by atoms with Gasteiger partial charge in [-0.15, -0.1) is 0 Å². The zero-order valence-electron chi connectivity index (χ0n) is 17.1. The maximum atomic E-state index is 13.5. The Morgan fingerprint density at radius 2 is 1.67 bits per heavy atom. The third-order valence-electron chi connectivity index (χ3n) is 5.23. The van der Waals surface area contributed by atoms with Gasteiger partial charge in [-0.3, -0.25) is 9.59 Å². The summed E-state index contributed by atoms with van der Waals surface area (Å²) >= 11 is 5.99. The molecule has 0 bridgehead atoms. The first-order valence-corrected chi connectivity index (χ1v) is 10.2. The molecule has 1 saturated heterocycles. The highest BCUT2D eigenvalue weighted by molar-refractivity contribution is 6.41. The number of anilines is 1. The highest BCUT2D eigenvalue weighted by Crippen LogP contribution is 2.35. The highest BCUT2D eigenvalue weighted by Gasteiger charge is 2.37. The summed E-state index contributed by atoms with van der Waals surface area (Å²) in [4.78, 5) is 30.0. The van der Waals surface area contributed by atoms with Crippen LogP contribution in [0.25, 0.3) is 5.57 Å². The standard InChI is InChI=1S/C23H23ClN2O4/c1-14-11-25(12-15(2)30-14)13-21-19-9-8-18(29-3)10-20(19)22(27)26(23(21)28)17-6-4-16(24)5-7-17/h4-10,13-15H,11-12H2,1-3H3/b21-13+. The minimum atomic E-state index is -0.392. The second-order valence-corrected chi connectivity index (χ2v) is 8.02. The van der Waals surface area contributed by atoms with Gasteiger partial charge in [0.1, 0.15) is 5.75 Å². The first-order valence-electron chi connectivity index (χ1n) is 9.81. The van der Waals surface area contributed by atoms with Gasteiger partial charge in [-0.1, -0.05) is 11.6 Å². The van der Waals surface area contributed by atoms with Crippen LogP contribution in [0.4, 0.5) is 5.69 Å². The highest BCUT2D eigenvalue weighted by atomic mass is 35.5. The Morgan fingerprint density at radius 3 is 2.30 bits per heavy atom. The molecule has 0 saturated carbocycles. The van der Waals surface area contributed by atoms with E-state index in [0.29, 0.717) is 46.2 Å². The molecule has 2 aliphatic heterocycles. The van der Waals surface area contributed by atoms with Gasteiger partial charge in [0.15, 0.2) is 0 Å². The molecule has 30 heavy (non-hydrogen) atoms. The number of fused-ring (bicyclic) bond motifs is 1. The number of imide groups is 1. The monoisotopic (exact) mass is 426 g/mol. The molecule has 156 valence electrons. The lowest BCUT2D eigenvalue weighted by Gasteiger charge is -2.36. The van der Waals surface area contributed by atoms with Crippen molar-refractivity contribution in [1.82, 2.24) is 4.90 Å². The number of halogens is 1. The van der Waals surface area contributed by atoms with Crippen LogP contribution in [0.15, 0.2) is 48.7 Å². The Kier molecular flexibility index (Phi) is 5.54. The average Bonchev–Trinajstić information content (AvgIpc) is 2.71. The van der Waals surface area contributed by atoms with Crippen LogP contribution in [0.3, 0.4) is 0 Å². The van der Waals surface area contributed by atoms with E-state index in [1.807, 2.05) is 20.0 Å². The fraction of sp³-hybridized carbons (Fsp3) is 0.304. The fourth-order valence-electron chi connectivity index (χ4n) is 3.97. The van der Waals surface area contributed by atoms with Crippen molar-refractivity contribution < 1.29 is 19.1 Å². The quantitative estimate of drug-likeness (QED) is 0.548. The summed E-state index contributed by atoms with van der Waals surface area (Å²) in [6, 6.07) is 11.9. The molecule has 2 unspecified atom stereocenters. The summed E-state index contributed by atoms with van der Waals surface area (Å²) in [6.07, 6.45) is 1.95. The smallest absolute Gasteiger partial charge is 0.267 e. The van der Waals surface area contributed by atoms with Crippen molar-refractivity contribution in [2.45, 2.75) is 26.1 Å². The van der Waals surface area contributed by atoms with E-state index in [-0.39, 0.29) is 18.1 Å². The third kappa shape index (κ3) is 3.80. The molecule has 1 fully saturated rings. The number of carbonyl (C=O) groups is 2. The second kappa shape index (κ2) is 8.13. The van der Waals surface area contributed by atoms with Crippen molar-refractivity contribution in [3.63, 3.8) is 0 Å². The van der Waals surface area contributed by atoms with E-state index in [4.69, 9.17) is 21.1 Å². The van der Waals surface area contributed by atoms with Crippen molar-refractivity contribution in [2.24, 2.45) is 0 Å². The van der Waals surface area contributed by atoms with Crippen LogP contribution in [0.5, 0.6) is 5.75 Å². The fourth-order valence-corrected chi connectivity index (χ4v) is 4.09. The molecule has 0 aliphatic carbocycles.